The molecule has 45 heavy (non-hydrogen) atoms. The van der Waals surface area contributed by atoms with Crippen molar-refractivity contribution in [3.63, 3.8) is 0 Å². The van der Waals surface area contributed by atoms with E-state index in [1.807, 2.05) is 6.07 Å². The lowest BCUT2D eigenvalue weighted by Gasteiger charge is -2.21. The van der Waals surface area contributed by atoms with E-state index in [0.29, 0.717) is 11.5 Å². The largest absolute Gasteiger partial charge is 0.451 e. The molecule has 1 aromatic carbocycles. The average Bonchev–Trinajstić information content (AvgIpc) is 3.31. The van der Waals surface area contributed by atoms with Crippen LogP contribution in [0.2, 0.25) is 5.02 Å². The van der Waals surface area contributed by atoms with Gasteiger partial charge in [-0.15, -0.1) is 0 Å². The first-order valence-corrected chi connectivity index (χ1v) is 13.7. The van der Waals surface area contributed by atoms with E-state index >= 15 is 0 Å². The van der Waals surface area contributed by atoms with E-state index in [2.05, 4.69) is 15.4 Å². The number of aromatic nitrogens is 4. The van der Waals surface area contributed by atoms with Crippen LogP contribution in [0, 0.1) is 11.3 Å². The third kappa shape index (κ3) is 7.90. The minimum atomic E-state index is -4.95. The van der Waals surface area contributed by atoms with Gasteiger partial charge in [-0.1, -0.05) is 11.6 Å². The number of carbonyl (C=O) groups excluding carboxylic acids is 2. The molecule has 12 nitrogen and oxygen atoms in total. The Morgan fingerprint density at radius 2 is 1.91 bits per heavy atom. The zero-order valence-corrected chi connectivity index (χ0v) is 25.2. The van der Waals surface area contributed by atoms with Gasteiger partial charge in [-0.3, -0.25) is 4.79 Å². The van der Waals surface area contributed by atoms with E-state index in [9.17, 15) is 32.8 Å². The van der Waals surface area contributed by atoms with E-state index in [-0.39, 0.29) is 47.3 Å². The van der Waals surface area contributed by atoms with E-state index in [1.54, 1.807) is 32.9 Å². The minimum absolute atomic E-state index is 0.0158. The lowest BCUT2D eigenvalue weighted by molar-refractivity contribution is -0.138. The van der Waals surface area contributed by atoms with Crippen LogP contribution in [0.1, 0.15) is 37.6 Å². The molecule has 0 radical (unpaired) electrons. The van der Waals surface area contributed by atoms with Crippen LogP contribution < -0.4 is 15.6 Å². The first-order valence-electron chi connectivity index (χ1n) is 13.3. The lowest BCUT2D eigenvalue weighted by Crippen LogP contribution is -2.40. The molecule has 3 aromatic heterocycles. The highest BCUT2D eigenvalue weighted by Gasteiger charge is 2.37. The number of halogens is 4. The number of rotatable bonds is 7. The van der Waals surface area contributed by atoms with Gasteiger partial charge in [-0.2, -0.15) is 28.2 Å². The molecule has 2 amide bonds. The number of pyridine rings is 2. The average molecular weight is 646 g/mol. The quantitative estimate of drug-likeness (QED) is 0.281. The van der Waals surface area contributed by atoms with Crippen molar-refractivity contribution in [3.8, 4) is 17.6 Å². The van der Waals surface area contributed by atoms with E-state index in [1.165, 1.54) is 30.3 Å². The molecule has 236 valence electrons. The van der Waals surface area contributed by atoms with Crippen LogP contribution in [-0.2, 0) is 17.5 Å². The predicted octanol–water partition coefficient (Wildman–Crippen LogP) is 5.40. The molecule has 0 fully saturated rings. The summed E-state index contributed by atoms with van der Waals surface area (Å²) in [6, 6.07) is 8.66. The zero-order chi connectivity index (χ0) is 33.1. The number of alkyl halides is 3. The molecule has 0 unspecified atom stereocenters. The number of carbonyl (C=O) groups is 2. The first-order chi connectivity index (χ1) is 21.1. The number of benzene rings is 1. The molecule has 16 heteroatoms. The summed E-state index contributed by atoms with van der Waals surface area (Å²) >= 11 is 5.97. The summed E-state index contributed by atoms with van der Waals surface area (Å²) in [6.07, 6.45) is -3.23. The molecule has 1 N–H and O–H groups in total. The molecule has 0 bridgehead atoms. The number of likely N-dealkylation sites (N-methyl/N-ethyl adjacent to an activating group) is 1. The molecule has 0 atom stereocenters. The molecule has 0 spiro atoms. The Bertz CT molecular complexity index is 1860. The third-order valence-corrected chi connectivity index (χ3v) is 6.33. The molecular weight excluding hydrogens is 619 g/mol. The highest BCUT2D eigenvalue weighted by atomic mass is 35.5. The Kier molecular flexibility index (Phi) is 9.38. The van der Waals surface area contributed by atoms with Crippen LogP contribution in [0.25, 0.3) is 11.0 Å². The van der Waals surface area contributed by atoms with Crippen LogP contribution in [0.3, 0.4) is 0 Å². The summed E-state index contributed by atoms with van der Waals surface area (Å²) in [5.74, 6) is -1.28. The maximum atomic E-state index is 13.9. The third-order valence-electron chi connectivity index (χ3n) is 6.11. The highest BCUT2D eigenvalue weighted by molar-refractivity contribution is 6.30. The van der Waals surface area contributed by atoms with Crippen molar-refractivity contribution in [1.82, 2.24) is 29.5 Å². The van der Waals surface area contributed by atoms with Gasteiger partial charge in [-0.05, 0) is 57.2 Å². The van der Waals surface area contributed by atoms with Crippen LogP contribution in [-0.4, -0.2) is 62.1 Å². The van der Waals surface area contributed by atoms with E-state index in [4.69, 9.17) is 21.1 Å². The van der Waals surface area contributed by atoms with Crippen molar-refractivity contribution in [3.05, 3.63) is 81.0 Å². The Labute approximate surface area is 259 Å². The Balaban J connectivity index is 1.64. The molecule has 0 aliphatic carbocycles. The molecular formula is C29H27ClF3N7O5. The van der Waals surface area contributed by atoms with Crippen molar-refractivity contribution < 1.29 is 32.2 Å². The number of nitrogens with zero attached hydrogens (tertiary/aromatic N) is 6. The molecule has 0 saturated carbocycles. The molecule has 0 saturated heterocycles. The summed E-state index contributed by atoms with van der Waals surface area (Å²) in [5, 5.41) is 16.5. The van der Waals surface area contributed by atoms with E-state index in [0.717, 1.165) is 21.5 Å². The van der Waals surface area contributed by atoms with Gasteiger partial charge < -0.3 is 24.3 Å². The van der Waals surface area contributed by atoms with Crippen molar-refractivity contribution in [2.75, 3.05) is 20.1 Å². The summed E-state index contributed by atoms with van der Waals surface area (Å²) < 4.78 is 54.2. The van der Waals surface area contributed by atoms with Gasteiger partial charge in [0.15, 0.2) is 5.65 Å². The van der Waals surface area contributed by atoms with Gasteiger partial charge in [0.2, 0.25) is 5.75 Å². The lowest BCUT2D eigenvalue weighted by atomic mass is 10.2. The predicted molar refractivity (Wildman–Crippen MR) is 156 cm³/mol. The van der Waals surface area contributed by atoms with Gasteiger partial charge in [0.05, 0.1) is 23.9 Å². The molecule has 0 aliphatic heterocycles. The number of amides is 2. The fourth-order valence-corrected chi connectivity index (χ4v) is 4.35. The fourth-order valence-electron chi connectivity index (χ4n) is 4.13. The summed E-state index contributed by atoms with van der Waals surface area (Å²) in [4.78, 5) is 44.1. The summed E-state index contributed by atoms with van der Waals surface area (Å²) in [6.45, 7) is 4.95. The zero-order valence-electron chi connectivity index (χ0n) is 24.5. The number of hydrogen-bond donors (Lipinski definition) is 1. The molecule has 4 aromatic rings. The Morgan fingerprint density at radius 3 is 2.58 bits per heavy atom. The number of nitrogens with one attached hydrogen (secondary N) is 1. The molecule has 4 rings (SSSR count). The summed E-state index contributed by atoms with van der Waals surface area (Å²) in [5.41, 5.74) is -2.86. The van der Waals surface area contributed by atoms with Gasteiger partial charge in [0, 0.05) is 42.9 Å². The smallest absolute Gasteiger partial charge is 0.420 e. The number of ether oxygens (including phenoxy) is 2. The Hall–Kier alpha value is -5.10. The van der Waals surface area contributed by atoms with Gasteiger partial charge in [0.25, 0.3) is 5.56 Å². The van der Waals surface area contributed by atoms with Crippen LogP contribution >= 0.6 is 11.6 Å². The standard InChI is InChI=1S/C29H27ClF3N7O5/c1-28(2,3)45-26(42)36-9-11-38(4)27(43)40-24-20(6-5-8-35-24)22(37-40)16-39-10-7-21(29(31,32)33)23(25(39)41)44-19-13-17(15-34)12-18(30)14-19/h5-8,10,12-14H,9,11,16H2,1-4H3,(H,36,42). The van der Waals surface area contributed by atoms with Crippen LogP contribution in [0.4, 0.5) is 22.8 Å². The maximum absolute atomic E-state index is 13.9. The normalized spacial score (nSPS) is 11.6. The summed E-state index contributed by atoms with van der Waals surface area (Å²) in [7, 11) is 1.48. The monoisotopic (exact) mass is 645 g/mol. The topological polar surface area (TPSA) is 144 Å². The van der Waals surface area contributed by atoms with Crippen molar-refractivity contribution in [2.24, 2.45) is 0 Å². The Morgan fingerprint density at radius 1 is 1.18 bits per heavy atom. The SMILES string of the molecule is CN(CCNC(=O)OC(C)(C)C)C(=O)n1nc(Cn2ccc(C(F)(F)F)c(Oc3cc(Cl)cc(C#N)c3)c2=O)c2cccnc21. The molecule has 0 aliphatic rings. The fraction of sp³-hybridized carbons (Fsp3) is 0.310. The van der Waals surface area contributed by atoms with Crippen molar-refractivity contribution in [2.45, 2.75) is 39.1 Å². The maximum Gasteiger partial charge on any atom is 0.420 e. The van der Waals surface area contributed by atoms with Crippen LogP contribution in [0.5, 0.6) is 11.5 Å². The molecule has 3 heterocycles. The second-order valence-electron chi connectivity index (χ2n) is 10.7. The number of alkyl carbamates (subject to hydrolysis) is 1. The minimum Gasteiger partial charge on any atom is -0.451 e. The second-order valence-corrected chi connectivity index (χ2v) is 11.2. The van der Waals surface area contributed by atoms with Gasteiger partial charge >= 0.3 is 18.3 Å². The first kappa shape index (κ1) is 32.8. The van der Waals surface area contributed by atoms with Gasteiger partial charge in [0.1, 0.15) is 16.9 Å². The van der Waals surface area contributed by atoms with Gasteiger partial charge in [-0.25, -0.2) is 14.6 Å². The van der Waals surface area contributed by atoms with E-state index < -0.39 is 40.8 Å². The van der Waals surface area contributed by atoms with Crippen molar-refractivity contribution in [1.29, 1.82) is 5.26 Å². The highest BCUT2D eigenvalue weighted by Crippen LogP contribution is 2.36. The number of hydrogen-bond acceptors (Lipinski definition) is 8. The second kappa shape index (κ2) is 12.9. The number of fused-ring (bicyclic) bond motifs is 1. The number of nitriles is 1. The van der Waals surface area contributed by atoms with Crippen molar-refractivity contribution >= 4 is 34.8 Å². The van der Waals surface area contributed by atoms with Crippen LogP contribution in [0.15, 0.2) is 53.6 Å².